The number of nitrogens with two attached hydrogens (primary N) is 1. The number of pyridine rings is 1. The van der Waals surface area contributed by atoms with Crippen LogP contribution in [0, 0.1) is 5.92 Å². The average Bonchev–Trinajstić information content (AvgIpc) is 3.25. The Kier molecular flexibility index (Phi) is 3.62. The Morgan fingerprint density at radius 2 is 2.30 bits per heavy atom. The monoisotopic (exact) mass is 276 g/mol. The van der Waals surface area contributed by atoms with Crippen LogP contribution in [-0.4, -0.2) is 37.1 Å². The third kappa shape index (κ3) is 3.12. The highest BCUT2D eigenvalue weighted by atomic mass is 16.5. The van der Waals surface area contributed by atoms with Crippen molar-refractivity contribution in [1.29, 1.82) is 0 Å². The summed E-state index contributed by atoms with van der Waals surface area (Å²) in [6, 6.07) is 3.64. The Labute approximate surface area is 118 Å². The lowest BCUT2D eigenvalue weighted by molar-refractivity contribution is -0.119. The first-order valence-electron chi connectivity index (χ1n) is 7.13. The van der Waals surface area contributed by atoms with Crippen molar-refractivity contribution in [2.24, 2.45) is 5.92 Å². The summed E-state index contributed by atoms with van der Waals surface area (Å²) in [5.74, 6) is 1.92. The number of hydrogen-bond acceptors (Lipinski definition) is 5. The Morgan fingerprint density at radius 3 is 3.10 bits per heavy atom. The second kappa shape index (κ2) is 5.56. The summed E-state index contributed by atoms with van der Waals surface area (Å²) < 4.78 is 5.69. The number of hydrogen-bond donors (Lipinski definition) is 2. The van der Waals surface area contributed by atoms with E-state index < -0.39 is 0 Å². The SMILES string of the molecule is Nc1ccc(N2CCCNC(=O)C2)nc1OCC1CC1. The molecule has 2 heterocycles. The van der Waals surface area contributed by atoms with E-state index >= 15 is 0 Å². The van der Waals surface area contributed by atoms with Crippen LogP contribution in [0.1, 0.15) is 19.3 Å². The molecule has 1 aliphatic carbocycles. The second-order valence-corrected chi connectivity index (χ2v) is 5.44. The van der Waals surface area contributed by atoms with Gasteiger partial charge in [0.05, 0.1) is 18.8 Å². The summed E-state index contributed by atoms with van der Waals surface area (Å²) in [7, 11) is 0. The molecule has 0 atom stereocenters. The molecule has 3 rings (SSSR count). The van der Waals surface area contributed by atoms with Gasteiger partial charge in [-0.1, -0.05) is 0 Å². The first-order valence-corrected chi connectivity index (χ1v) is 7.13. The lowest BCUT2D eigenvalue weighted by Crippen LogP contribution is -2.33. The summed E-state index contributed by atoms with van der Waals surface area (Å²) in [6.07, 6.45) is 3.37. The minimum absolute atomic E-state index is 0.0292. The maximum atomic E-state index is 11.6. The van der Waals surface area contributed by atoms with Gasteiger partial charge < -0.3 is 20.7 Å². The van der Waals surface area contributed by atoms with E-state index in [0.29, 0.717) is 30.6 Å². The quantitative estimate of drug-likeness (QED) is 0.849. The predicted molar refractivity (Wildman–Crippen MR) is 76.7 cm³/mol. The van der Waals surface area contributed by atoms with Gasteiger partial charge in [0.25, 0.3) is 0 Å². The molecule has 1 amide bonds. The van der Waals surface area contributed by atoms with Crippen LogP contribution in [0.2, 0.25) is 0 Å². The molecule has 6 nitrogen and oxygen atoms in total. The van der Waals surface area contributed by atoms with Gasteiger partial charge in [0, 0.05) is 13.1 Å². The zero-order valence-corrected chi connectivity index (χ0v) is 11.5. The number of nitrogens with zero attached hydrogens (tertiary/aromatic N) is 2. The van der Waals surface area contributed by atoms with Crippen molar-refractivity contribution in [2.75, 3.05) is 36.9 Å². The topological polar surface area (TPSA) is 80.5 Å². The third-order valence-electron chi connectivity index (χ3n) is 3.61. The van der Waals surface area contributed by atoms with Gasteiger partial charge in [0.15, 0.2) is 0 Å². The maximum Gasteiger partial charge on any atom is 0.239 e. The summed E-state index contributed by atoms with van der Waals surface area (Å²) in [5, 5.41) is 2.85. The van der Waals surface area contributed by atoms with Crippen molar-refractivity contribution in [2.45, 2.75) is 19.3 Å². The largest absolute Gasteiger partial charge is 0.476 e. The molecule has 1 aromatic rings. The Hall–Kier alpha value is -1.98. The van der Waals surface area contributed by atoms with Crippen LogP contribution in [0.3, 0.4) is 0 Å². The molecule has 0 radical (unpaired) electrons. The Morgan fingerprint density at radius 1 is 1.45 bits per heavy atom. The first kappa shape index (κ1) is 13.0. The van der Waals surface area contributed by atoms with E-state index in [1.165, 1.54) is 12.8 Å². The van der Waals surface area contributed by atoms with Crippen molar-refractivity contribution in [3.8, 4) is 5.88 Å². The van der Waals surface area contributed by atoms with E-state index in [2.05, 4.69) is 10.3 Å². The maximum absolute atomic E-state index is 11.6. The molecule has 0 unspecified atom stereocenters. The molecule has 6 heteroatoms. The molecule has 1 aliphatic heterocycles. The smallest absolute Gasteiger partial charge is 0.239 e. The van der Waals surface area contributed by atoms with Crippen molar-refractivity contribution in [3.63, 3.8) is 0 Å². The van der Waals surface area contributed by atoms with Crippen molar-refractivity contribution in [1.82, 2.24) is 10.3 Å². The fourth-order valence-electron chi connectivity index (χ4n) is 2.22. The van der Waals surface area contributed by atoms with Crippen LogP contribution >= 0.6 is 0 Å². The van der Waals surface area contributed by atoms with Crippen LogP contribution < -0.4 is 20.7 Å². The van der Waals surface area contributed by atoms with Crippen LogP contribution in [0.5, 0.6) is 5.88 Å². The number of ether oxygens (including phenoxy) is 1. The predicted octanol–water partition coefficient (Wildman–Crippen LogP) is 0.779. The zero-order valence-electron chi connectivity index (χ0n) is 11.5. The van der Waals surface area contributed by atoms with Gasteiger partial charge in [-0.3, -0.25) is 4.79 Å². The molecule has 2 aliphatic rings. The molecule has 3 N–H and O–H groups in total. The Balaban J connectivity index is 1.74. The summed E-state index contributed by atoms with van der Waals surface area (Å²) in [4.78, 5) is 18.0. The molecule has 0 aromatic carbocycles. The third-order valence-corrected chi connectivity index (χ3v) is 3.61. The number of amides is 1. The summed E-state index contributed by atoms with van der Waals surface area (Å²) in [5.41, 5.74) is 6.45. The second-order valence-electron chi connectivity index (χ2n) is 5.44. The fourth-order valence-corrected chi connectivity index (χ4v) is 2.22. The summed E-state index contributed by atoms with van der Waals surface area (Å²) in [6.45, 7) is 2.53. The van der Waals surface area contributed by atoms with Crippen LogP contribution in [0.4, 0.5) is 11.5 Å². The average molecular weight is 276 g/mol. The number of carbonyl (C=O) groups is 1. The molecule has 108 valence electrons. The fraction of sp³-hybridized carbons (Fsp3) is 0.571. The number of anilines is 2. The normalized spacial score (nSPS) is 19.4. The van der Waals surface area contributed by atoms with E-state index in [1.54, 1.807) is 6.07 Å². The molecule has 0 spiro atoms. The molecular formula is C14H20N4O2. The number of rotatable bonds is 4. The summed E-state index contributed by atoms with van der Waals surface area (Å²) >= 11 is 0. The molecule has 1 saturated heterocycles. The van der Waals surface area contributed by atoms with Crippen molar-refractivity contribution >= 4 is 17.4 Å². The lowest BCUT2D eigenvalue weighted by Gasteiger charge is -2.21. The van der Waals surface area contributed by atoms with Gasteiger partial charge in [0.1, 0.15) is 5.82 Å². The Bertz CT molecular complexity index is 502. The van der Waals surface area contributed by atoms with Crippen molar-refractivity contribution in [3.05, 3.63) is 12.1 Å². The molecule has 20 heavy (non-hydrogen) atoms. The zero-order chi connectivity index (χ0) is 13.9. The first-order chi connectivity index (χ1) is 9.72. The molecule has 1 aromatic heterocycles. The van der Waals surface area contributed by atoms with E-state index in [-0.39, 0.29) is 5.91 Å². The highest BCUT2D eigenvalue weighted by molar-refractivity contribution is 5.81. The van der Waals surface area contributed by atoms with Crippen molar-refractivity contribution < 1.29 is 9.53 Å². The highest BCUT2D eigenvalue weighted by Gasteiger charge is 2.23. The van der Waals surface area contributed by atoms with E-state index in [9.17, 15) is 4.79 Å². The van der Waals surface area contributed by atoms with Gasteiger partial charge in [-0.05, 0) is 37.3 Å². The van der Waals surface area contributed by atoms with Gasteiger partial charge in [-0.15, -0.1) is 0 Å². The highest BCUT2D eigenvalue weighted by Crippen LogP contribution is 2.31. The number of nitrogen functional groups attached to an aromatic ring is 1. The number of nitrogens with one attached hydrogen (secondary N) is 1. The van der Waals surface area contributed by atoms with Gasteiger partial charge in [-0.2, -0.15) is 4.98 Å². The standard InChI is InChI=1S/C14H20N4O2/c15-11-4-5-12(17-14(11)20-9-10-2-3-10)18-7-1-6-16-13(19)8-18/h4-5,10H,1-3,6-9,15H2,(H,16,19). The number of carbonyl (C=O) groups excluding carboxylic acids is 1. The minimum atomic E-state index is 0.0292. The molecular weight excluding hydrogens is 256 g/mol. The lowest BCUT2D eigenvalue weighted by atomic mass is 10.3. The van der Waals surface area contributed by atoms with Crippen LogP contribution in [0.15, 0.2) is 12.1 Å². The van der Waals surface area contributed by atoms with Crippen LogP contribution in [-0.2, 0) is 4.79 Å². The van der Waals surface area contributed by atoms with E-state index in [4.69, 9.17) is 10.5 Å². The minimum Gasteiger partial charge on any atom is -0.476 e. The molecule has 1 saturated carbocycles. The number of aromatic nitrogens is 1. The van der Waals surface area contributed by atoms with E-state index in [0.717, 1.165) is 25.3 Å². The van der Waals surface area contributed by atoms with Gasteiger partial charge in [0.2, 0.25) is 11.8 Å². The van der Waals surface area contributed by atoms with Gasteiger partial charge >= 0.3 is 0 Å². The van der Waals surface area contributed by atoms with Crippen LogP contribution in [0.25, 0.3) is 0 Å². The van der Waals surface area contributed by atoms with E-state index in [1.807, 2.05) is 11.0 Å². The molecule has 0 bridgehead atoms. The van der Waals surface area contributed by atoms with Gasteiger partial charge in [-0.25, -0.2) is 0 Å². The molecule has 2 fully saturated rings.